The minimum Gasteiger partial charge on any atom is -0.352 e. The highest BCUT2D eigenvalue weighted by Crippen LogP contribution is 2.25. The molecule has 1 heterocycles. The lowest BCUT2D eigenvalue weighted by Crippen LogP contribution is -2.53. The zero-order chi connectivity index (χ0) is 19.1. The molecule has 2 fully saturated rings. The van der Waals surface area contributed by atoms with Gasteiger partial charge < -0.3 is 10.6 Å². The Morgan fingerprint density at radius 2 is 2.04 bits per heavy atom. The van der Waals surface area contributed by atoms with Crippen molar-refractivity contribution in [2.24, 2.45) is 4.99 Å². The van der Waals surface area contributed by atoms with Gasteiger partial charge >= 0.3 is 0 Å². The summed E-state index contributed by atoms with van der Waals surface area (Å²) in [4.78, 5) is 17.5. The van der Waals surface area contributed by atoms with Crippen molar-refractivity contribution in [2.75, 3.05) is 20.1 Å². The van der Waals surface area contributed by atoms with Crippen molar-refractivity contribution in [3.05, 3.63) is 39.9 Å². The molecule has 28 heavy (non-hydrogen) atoms. The van der Waals surface area contributed by atoms with Gasteiger partial charge in [0.2, 0.25) is 0 Å². The maximum absolute atomic E-state index is 10.9. The van der Waals surface area contributed by atoms with Gasteiger partial charge in [0, 0.05) is 44.4 Å². The summed E-state index contributed by atoms with van der Waals surface area (Å²) in [5.41, 5.74) is 0.993. The number of aliphatic imine (C=N–C) groups is 1. The highest BCUT2D eigenvalue weighted by atomic mass is 127. The van der Waals surface area contributed by atoms with E-state index in [1.807, 2.05) is 6.07 Å². The second-order valence-corrected chi connectivity index (χ2v) is 7.62. The Bertz CT molecular complexity index is 664. The number of hydrogen-bond acceptors (Lipinski definition) is 4. The summed E-state index contributed by atoms with van der Waals surface area (Å²) in [5.74, 6) is 0.761. The van der Waals surface area contributed by atoms with Crippen LogP contribution in [0.4, 0.5) is 5.69 Å². The predicted molar refractivity (Wildman–Crippen MR) is 123 cm³/mol. The number of benzene rings is 1. The topological polar surface area (TPSA) is 82.8 Å². The highest BCUT2D eigenvalue weighted by Gasteiger charge is 2.27. The van der Waals surface area contributed by atoms with E-state index < -0.39 is 0 Å². The molecule has 1 atom stereocenters. The van der Waals surface area contributed by atoms with Crippen molar-refractivity contribution in [1.82, 2.24) is 15.5 Å². The van der Waals surface area contributed by atoms with Crippen LogP contribution < -0.4 is 10.6 Å². The molecule has 0 amide bonds. The minimum atomic E-state index is -0.363. The van der Waals surface area contributed by atoms with Gasteiger partial charge in [-0.15, -0.1) is 24.0 Å². The van der Waals surface area contributed by atoms with E-state index in [2.05, 4.69) is 20.5 Å². The number of nitro benzene ring substituents is 1. The third-order valence-corrected chi connectivity index (χ3v) is 5.69. The lowest BCUT2D eigenvalue weighted by molar-refractivity contribution is -0.384. The Balaban J connectivity index is 0.00000280. The average molecular weight is 501 g/mol. The summed E-state index contributed by atoms with van der Waals surface area (Å²) in [5, 5.41) is 17.8. The number of hydrogen-bond donors (Lipinski definition) is 2. The van der Waals surface area contributed by atoms with Crippen LogP contribution in [-0.4, -0.2) is 48.0 Å². The number of nitrogens with zero attached hydrogens (tertiary/aromatic N) is 3. The number of non-ortho nitro benzene ring substituents is 1. The molecule has 156 valence electrons. The van der Waals surface area contributed by atoms with Crippen molar-refractivity contribution in [2.45, 2.75) is 63.6 Å². The summed E-state index contributed by atoms with van der Waals surface area (Å²) >= 11 is 0. The summed E-state index contributed by atoms with van der Waals surface area (Å²) in [7, 11) is 1.77. The third-order valence-electron chi connectivity index (χ3n) is 5.69. The van der Waals surface area contributed by atoms with Crippen LogP contribution in [0, 0.1) is 10.1 Å². The van der Waals surface area contributed by atoms with E-state index in [1.165, 1.54) is 51.1 Å². The summed E-state index contributed by atoms with van der Waals surface area (Å²) in [6, 6.07) is 7.87. The molecule has 0 aromatic heterocycles. The van der Waals surface area contributed by atoms with E-state index in [4.69, 9.17) is 0 Å². The van der Waals surface area contributed by atoms with Crippen molar-refractivity contribution < 1.29 is 4.92 Å². The molecule has 8 heteroatoms. The van der Waals surface area contributed by atoms with Gasteiger partial charge in [-0.2, -0.15) is 0 Å². The maximum Gasteiger partial charge on any atom is 0.269 e. The molecule has 0 bridgehead atoms. The molecular formula is C20H32IN5O2. The van der Waals surface area contributed by atoms with E-state index >= 15 is 0 Å². The molecule has 1 aromatic rings. The Labute approximate surface area is 184 Å². The van der Waals surface area contributed by atoms with E-state index in [1.54, 1.807) is 19.2 Å². The fourth-order valence-corrected chi connectivity index (χ4v) is 4.26. The fourth-order valence-electron chi connectivity index (χ4n) is 4.26. The molecule has 1 aromatic carbocycles. The molecule has 0 radical (unpaired) electrons. The molecule has 1 saturated heterocycles. The van der Waals surface area contributed by atoms with Crippen LogP contribution in [0.5, 0.6) is 0 Å². The van der Waals surface area contributed by atoms with Crippen LogP contribution in [0.1, 0.15) is 50.5 Å². The number of nitrogens with one attached hydrogen (secondary N) is 2. The SMILES string of the molecule is CN=C(NCc1cccc([N+](=O)[O-])c1)NC1CCCN(C2CCCCC2)C1.I. The number of piperidine rings is 1. The smallest absolute Gasteiger partial charge is 0.269 e. The third kappa shape index (κ3) is 6.58. The van der Waals surface area contributed by atoms with Gasteiger partial charge in [-0.1, -0.05) is 31.4 Å². The lowest BCUT2D eigenvalue weighted by Gasteiger charge is -2.40. The van der Waals surface area contributed by atoms with Crippen LogP contribution in [0.25, 0.3) is 0 Å². The Kier molecular flexibility index (Phi) is 9.43. The largest absolute Gasteiger partial charge is 0.352 e. The minimum absolute atomic E-state index is 0. The molecule has 1 aliphatic carbocycles. The first-order valence-corrected chi connectivity index (χ1v) is 10.1. The number of guanidine groups is 1. The molecule has 7 nitrogen and oxygen atoms in total. The summed E-state index contributed by atoms with van der Waals surface area (Å²) in [6.45, 7) is 2.80. The van der Waals surface area contributed by atoms with Gasteiger partial charge in [-0.3, -0.25) is 20.0 Å². The summed E-state index contributed by atoms with van der Waals surface area (Å²) < 4.78 is 0. The first-order valence-electron chi connectivity index (χ1n) is 10.1. The van der Waals surface area contributed by atoms with Crippen molar-refractivity contribution in [3.63, 3.8) is 0 Å². The number of rotatable bonds is 5. The quantitative estimate of drug-likeness (QED) is 0.212. The lowest BCUT2D eigenvalue weighted by atomic mass is 9.92. The molecule has 1 aliphatic heterocycles. The first-order chi connectivity index (χ1) is 13.2. The monoisotopic (exact) mass is 501 g/mol. The van der Waals surface area contributed by atoms with Crippen LogP contribution in [-0.2, 0) is 6.54 Å². The van der Waals surface area contributed by atoms with Crippen molar-refractivity contribution in [1.29, 1.82) is 0 Å². The Morgan fingerprint density at radius 3 is 2.75 bits per heavy atom. The molecule has 2 aliphatic rings. The van der Waals surface area contributed by atoms with Gasteiger partial charge in [0.1, 0.15) is 0 Å². The summed E-state index contributed by atoms with van der Waals surface area (Å²) in [6.07, 6.45) is 9.17. The molecule has 1 unspecified atom stereocenters. The predicted octanol–water partition coefficient (Wildman–Crippen LogP) is 3.67. The zero-order valence-electron chi connectivity index (χ0n) is 16.6. The van der Waals surface area contributed by atoms with Crippen molar-refractivity contribution in [3.8, 4) is 0 Å². The van der Waals surface area contributed by atoms with E-state index in [-0.39, 0.29) is 34.6 Å². The van der Waals surface area contributed by atoms with Crippen LogP contribution >= 0.6 is 24.0 Å². The maximum atomic E-state index is 10.9. The molecule has 0 spiro atoms. The zero-order valence-corrected chi connectivity index (χ0v) is 18.9. The van der Waals surface area contributed by atoms with E-state index in [9.17, 15) is 10.1 Å². The standard InChI is InChI=1S/C20H31N5O2.HI/c1-21-20(22-14-16-7-5-11-19(13-16)25(26)27)23-17-8-6-12-24(15-17)18-9-3-2-4-10-18;/h5,7,11,13,17-18H,2-4,6,8-10,12,14-15H2,1H3,(H2,21,22,23);1H. The second-order valence-electron chi connectivity index (χ2n) is 7.62. The fraction of sp³-hybridized carbons (Fsp3) is 0.650. The van der Waals surface area contributed by atoms with Gasteiger partial charge in [0.15, 0.2) is 5.96 Å². The van der Waals surface area contributed by atoms with Crippen LogP contribution in [0.2, 0.25) is 0 Å². The highest BCUT2D eigenvalue weighted by molar-refractivity contribution is 14.0. The van der Waals surface area contributed by atoms with Crippen molar-refractivity contribution >= 4 is 35.6 Å². The van der Waals surface area contributed by atoms with Crippen LogP contribution in [0.15, 0.2) is 29.3 Å². The normalized spacial score (nSPS) is 21.6. The second kappa shape index (κ2) is 11.5. The Hall–Kier alpha value is -1.42. The van der Waals surface area contributed by atoms with E-state index in [0.29, 0.717) is 12.6 Å². The van der Waals surface area contributed by atoms with E-state index in [0.717, 1.165) is 30.5 Å². The van der Waals surface area contributed by atoms with Gasteiger partial charge in [0.25, 0.3) is 5.69 Å². The Morgan fingerprint density at radius 1 is 1.25 bits per heavy atom. The first kappa shape index (κ1) is 22.9. The number of nitro groups is 1. The average Bonchev–Trinajstić information content (AvgIpc) is 2.72. The van der Waals surface area contributed by atoms with Crippen LogP contribution in [0.3, 0.4) is 0 Å². The molecule has 2 N–H and O–H groups in total. The number of likely N-dealkylation sites (tertiary alicyclic amines) is 1. The molecule has 3 rings (SSSR count). The number of halogens is 1. The molecular weight excluding hydrogens is 469 g/mol. The van der Waals surface area contributed by atoms with Gasteiger partial charge in [0.05, 0.1) is 4.92 Å². The van der Waals surface area contributed by atoms with Gasteiger partial charge in [-0.05, 0) is 37.8 Å². The molecule has 1 saturated carbocycles. The van der Waals surface area contributed by atoms with Gasteiger partial charge in [-0.25, -0.2) is 0 Å².